The number of fused-ring (bicyclic) bond motifs is 1. The molecule has 0 amide bonds. The molecular weight excluding hydrogens is 228 g/mol. The van der Waals surface area contributed by atoms with Gasteiger partial charge in [0.25, 0.3) is 0 Å². The van der Waals surface area contributed by atoms with Crippen LogP contribution in [0.15, 0.2) is 18.2 Å². The molecule has 1 fully saturated rings. The van der Waals surface area contributed by atoms with Gasteiger partial charge in [0.2, 0.25) is 0 Å². The number of thiazole rings is 1. The molecular formula is C14H18N2S. The number of benzene rings is 1. The van der Waals surface area contributed by atoms with Crippen molar-refractivity contribution in [1.29, 1.82) is 0 Å². The maximum Gasteiger partial charge on any atom is 0.0938 e. The van der Waals surface area contributed by atoms with E-state index in [9.17, 15) is 0 Å². The Balaban J connectivity index is 1.72. The number of hydrogen-bond donors (Lipinski definition) is 1. The summed E-state index contributed by atoms with van der Waals surface area (Å²) in [6.07, 6.45) is 3.76. The van der Waals surface area contributed by atoms with Crippen LogP contribution in [0, 0.1) is 12.8 Å². The average molecular weight is 246 g/mol. The Bertz CT molecular complexity index is 512. The van der Waals surface area contributed by atoms with Crippen LogP contribution in [-0.2, 0) is 6.42 Å². The first-order valence-corrected chi connectivity index (χ1v) is 7.20. The van der Waals surface area contributed by atoms with Crippen LogP contribution >= 0.6 is 11.3 Å². The maximum atomic E-state index is 4.73. The first kappa shape index (κ1) is 11.2. The van der Waals surface area contributed by atoms with E-state index in [0.29, 0.717) is 0 Å². The molecule has 0 bridgehead atoms. The monoisotopic (exact) mass is 246 g/mol. The topological polar surface area (TPSA) is 24.9 Å². The number of aromatic nitrogens is 1. The highest BCUT2D eigenvalue weighted by atomic mass is 32.1. The molecule has 3 heteroatoms. The predicted octanol–water partition coefficient (Wildman–Crippen LogP) is 3.15. The summed E-state index contributed by atoms with van der Waals surface area (Å²) in [7, 11) is 0. The first-order valence-electron chi connectivity index (χ1n) is 6.38. The molecule has 0 spiro atoms. The summed E-state index contributed by atoms with van der Waals surface area (Å²) in [5.41, 5.74) is 2.48. The largest absolute Gasteiger partial charge is 0.316 e. The zero-order valence-corrected chi connectivity index (χ0v) is 11.0. The molecule has 3 rings (SSSR count). The highest BCUT2D eigenvalue weighted by Gasteiger charge is 2.15. The van der Waals surface area contributed by atoms with Crippen LogP contribution in [0.25, 0.3) is 10.2 Å². The second-order valence-electron chi connectivity index (χ2n) is 4.98. The van der Waals surface area contributed by atoms with E-state index in [-0.39, 0.29) is 0 Å². The molecule has 0 radical (unpaired) electrons. The zero-order chi connectivity index (χ0) is 11.7. The minimum absolute atomic E-state index is 0.865. The molecule has 0 saturated carbocycles. The molecule has 90 valence electrons. The van der Waals surface area contributed by atoms with Crippen LogP contribution in [0.5, 0.6) is 0 Å². The lowest BCUT2D eigenvalue weighted by Gasteiger charge is -2.04. The van der Waals surface area contributed by atoms with Gasteiger partial charge in [-0.2, -0.15) is 0 Å². The molecule has 1 aromatic heterocycles. The molecule has 1 saturated heterocycles. The fourth-order valence-electron chi connectivity index (χ4n) is 2.48. The van der Waals surface area contributed by atoms with Gasteiger partial charge in [0.1, 0.15) is 0 Å². The summed E-state index contributed by atoms with van der Waals surface area (Å²) in [6, 6.07) is 6.56. The third-order valence-corrected chi connectivity index (χ3v) is 4.61. The Hall–Kier alpha value is -0.930. The van der Waals surface area contributed by atoms with Gasteiger partial charge in [-0.1, -0.05) is 6.07 Å². The van der Waals surface area contributed by atoms with Gasteiger partial charge < -0.3 is 5.32 Å². The van der Waals surface area contributed by atoms with E-state index in [0.717, 1.165) is 12.3 Å². The van der Waals surface area contributed by atoms with Crippen molar-refractivity contribution in [2.75, 3.05) is 13.1 Å². The number of aryl methyl sites for hydroxylation is 2. The highest BCUT2D eigenvalue weighted by molar-refractivity contribution is 7.18. The summed E-state index contributed by atoms with van der Waals surface area (Å²) in [5.74, 6) is 0.865. The van der Waals surface area contributed by atoms with E-state index in [4.69, 9.17) is 4.98 Å². The lowest BCUT2D eigenvalue weighted by molar-refractivity contribution is 0.532. The highest BCUT2D eigenvalue weighted by Crippen LogP contribution is 2.25. The van der Waals surface area contributed by atoms with Gasteiger partial charge >= 0.3 is 0 Å². The third-order valence-electron chi connectivity index (χ3n) is 3.52. The van der Waals surface area contributed by atoms with E-state index >= 15 is 0 Å². The van der Waals surface area contributed by atoms with Crippen molar-refractivity contribution in [1.82, 2.24) is 10.3 Å². The average Bonchev–Trinajstić information content (AvgIpc) is 2.94. The van der Waals surface area contributed by atoms with Crippen molar-refractivity contribution in [3.05, 3.63) is 28.8 Å². The van der Waals surface area contributed by atoms with Crippen LogP contribution in [-0.4, -0.2) is 18.1 Å². The predicted molar refractivity (Wildman–Crippen MR) is 73.7 cm³/mol. The molecule has 1 aliphatic heterocycles. The Morgan fingerprint density at radius 1 is 1.47 bits per heavy atom. The minimum atomic E-state index is 0.865. The van der Waals surface area contributed by atoms with Crippen molar-refractivity contribution in [3.8, 4) is 0 Å². The lowest BCUT2D eigenvalue weighted by atomic mass is 10.0. The number of hydrogen-bond acceptors (Lipinski definition) is 3. The van der Waals surface area contributed by atoms with Crippen LogP contribution in [0.1, 0.15) is 23.4 Å². The van der Waals surface area contributed by atoms with Crippen LogP contribution in [0.4, 0.5) is 0 Å². The van der Waals surface area contributed by atoms with Crippen molar-refractivity contribution >= 4 is 21.6 Å². The van der Waals surface area contributed by atoms with Gasteiger partial charge in [0, 0.05) is 0 Å². The van der Waals surface area contributed by atoms with Crippen LogP contribution in [0.2, 0.25) is 0 Å². The Morgan fingerprint density at radius 3 is 3.24 bits per heavy atom. The van der Waals surface area contributed by atoms with Crippen LogP contribution in [0.3, 0.4) is 0 Å². The minimum Gasteiger partial charge on any atom is -0.316 e. The maximum absolute atomic E-state index is 4.73. The van der Waals surface area contributed by atoms with Crippen molar-refractivity contribution in [3.63, 3.8) is 0 Å². The van der Waals surface area contributed by atoms with Gasteiger partial charge in [0.05, 0.1) is 15.2 Å². The number of nitrogens with one attached hydrogen (secondary N) is 1. The summed E-state index contributed by atoms with van der Waals surface area (Å²) in [4.78, 5) is 4.73. The Labute approximate surface area is 106 Å². The molecule has 17 heavy (non-hydrogen) atoms. The molecule has 1 aliphatic rings. The molecule has 1 unspecified atom stereocenters. The third kappa shape index (κ3) is 2.50. The Kier molecular flexibility index (Phi) is 3.12. The Morgan fingerprint density at radius 2 is 2.41 bits per heavy atom. The normalized spacial score (nSPS) is 20.2. The molecule has 0 aliphatic carbocycles. The smallest absolute Gasteiger partial charge is 0.0938 e. The fraction of sp³-hybridized carbons (Fsp3) is 0.500. The van der Waals surface area contributed by atoms with E-state index in [1.54, 1.807) is 0 Å². The van der Waals surface area contributed by atoms with E-state index in [1.807, 2.05) is 11.3 Å². The molecule has 2 aromatic rings. The molecule has 1 atom stereocenters. The second kappa shape index (κ2) is 4.75. The number of rotatable bonds is 3. The standard InChI is InChI=1S/C14H18N2S/c1-10-2-4-13-12(8-10)16-14(17-13)5-3-11-6-7-15-9-11/h2,4,8,11,15H,3,5-7,9H2,1H3. The fourth-order valence-corrected chi connectivity index (χ4v) is 3.44. The summed E-state index contributed by atoms with van der Waals surface area (Å²) in [6.45, 7) is 4.52. The summed E-state index contributed by atoms with van der Waals surface area (Å²) >= 11 is 1.86. The van der Waals surface area contributed by atoms with E-state index in [1.165, 1.54) is 46.7 Å². The second-order valence-corrected chi connectivity index (χ2v) is 6.09. The van der Waals surface area contributed by atoms with Crippen LogP contribution < -0.4 is 5.32 Å². The van der Waals surface area contributed by atoms with Crippen molar-refractivity contribution in [2.45, 2.75) is 26.2 Å². The molecule has 2 heterocycles. The van der Waals surface area contributed by atoms with E-state index in [2.05, 4.69) is 30.4 Å². The molecule has 2 nitrogen and oxygen atoms in total. The van der Waals surface area contributed by atoms with Gasteiger partial charge in [0.15, 0.2) is 0 Å². The molecule has 1 N–H and O–H groups in total. The zero-order valence-electron chi connectivity index (χ0n) is 10.2. The lowest BCUT2D eigenvalue weighted by Crippen LogP contribution is -2.09. The first-order chi connectivity index (χ1) is 8.31. The van der Waals surface area contributed by atoms with Gasteiger partial charge in [-0.25, -0.2) is 4.98 Å². The van der Waals surface area contributed by atoms with Gasteiger partial charge in [-0.3, -0.25) is 0 Å². The number of nitrogens with zero attached hydrogens (tertiary/aromatic N) is 1. The van der Waals surface area contributed by atoms with Crippen molar-refractivity contribution in [2.24, 2.45) is 5.92 Å². The van der Waals surface area contributed by atoms with E-state index < -0.39 is 0 Å². The summed E-state index contributed by atoms with van der Waals surface area (Å²) in [5, 5.41) is 4.73. The SMILES string of the molecule is Cc1ccc2sc(CCC3CCNC3)nc2c1. The van der Waals surface area contributed by atoms with Gasteiger partial charge in [-0.15, -0.1) is 11.3 Å². The quantitative estimate of drug-likeness (QED) is 0.900. The molecule has 1 aromatic carbocycles. The van der Waals surface area contributed by atoms with Gasteiger partial charge in [-0.05, 0) is 62.9 Å². The summed E-state index contributed by atoms with van der Waals surface area (Å²) < 4.78 is 1.33. The van der Waals surface area contributed by atoms with Crippen molar-refractivity contribution < 1.29 is 0 Å².